The van der Waals surface area contributed by atoms with Gasteiger partial charge in [0.1, 0.15) is 5.75 Å². The summed E-state index contributed by atoms with van der Waals surface area (Å²) in [5, 5.41) is 7.47. The zero-order valence-corrected chi connectivity index (χ0v) is 12.5. The maximum atomic E-state index is 7.47. The first-order valence-corrected chi connectivity index (χ1v) is 6.79. The molecule has 1 aromatic heterocycles. The standard InChI is InChI=1S/C13H20BrN3O/c1-13(2,12(15)16)5-3-4-6-18-11-7-10(14)8-17-9-11/h7-9H,3-6H2,1-2H3,(H3,15,16). The molecule has 5 heteroatoms. The van der Waals surface area contributed by atoms with Gasteiger partial charge < -0.3 is 10.5 Å². The fourth-order valence-corrected chi connectivity index (χ4v) is 1.81. The van der Waals surface area contributed by atoms with Crippen molar-refractivity contribution in [2.45, 2.75) is 33.1 Å². The van der Waals surface area contributed by atoms with Gasteiger partial charge in [0, 0.05) is 16.1 Å². The third kappa shape index (κ3) is 5.04. The Morgan fingerprint density at radius 3 is 2.78 bits per heavy atom. The van der Waals surface area contributed by atoms with Crippen molar-refractivity contribution in [1.82, 2.24) is 4.98 Å². The van der Waals surface area contributed by atoms with Crippen LogP contribution in [0.3, 0.4) is 0 Å². The van der Waals surface area contributed by atoms with Crippen LogP contribution in [0, 0.1) is 10.8 Å². The zero-order chi connectivity index (χ0) is 13.6. The Kier molecular flexibility index (Phi) is 5.59. The minimum absolute atomic E-state index is 0.211. The summed E-state index contributed by atoms with van der Waals surface area (Å²) >= 11 is 3.35. The monoisotopic (exact) mass is 313 g/mol. The van der Waals surface area contributed by atoms with Crippen molar-refractivity contribution in [3.8, 4) is 5.75 Å². The number of rotatable bonds is 7. The van der Waals surface area contributed by atoms with Crippen LogP contribution < -0.4 is 10.5 Å². The largest absolute Gasteiger partial charge is 0.492 e. The zero-order valence-electron chi connectivity index (χ0n) is 10.9. The van der Waals surface area contributed by atoms with E-state index in [0.29, 0.717) is 6.61 Å². The van der Waals surface area contributed by atoms with Crippen molar-refractivity contribution in [2.24, 2.45) is 11.1 Å². The van der Waals surface area contributed by atoms with E-state index in [-0.39, 0.29) is 11.3 Å². The van der Waals surface area contributed by atoms with Gasteiger partial charge >= 0.3 is 0 Å². The molecule has 4 nitrogen and oxygen atoms in total. The normalized spacial score (nSPS) is 11.3. The Bertz CT molecular complexity index is 407. The van der Waals surface area contributed by atoms with Crippen LogP contribution >= 0.6 is 15.9 Å². The summed E-state index contributed by atoms with van der Waals surface area (Å²) in [6.07, 6.45) is 6.27. The highest BCUT2D eigenvalue weighted by molar-refractivity contribution is 9.10. The van der Waals surface area contributed by atoms with Gasteiger partial charge in [0.15, 0.2) is 0 Å². The summed E-state index contributed by atoms with van der Waals surface area (Å²) in [6.45, 7) is 4.65. The fraction of sp³-hybridized carbons (Fsp3) is 0.538. The highest BCUT2D eigenvalue weighted by atomic mass is 79.9. The van der Waals surface area contributed by atoms with E-state index in [1.165, 1.54) is 0 Å². The molecular formula is C13H20BrN3O. The predicted octanol–water partition coefficient (Wildman–Crippen LogP) is 3.36. The molecule has 0 atom stereocenters. The summed E-state index contributed by atoms with van der Waals surface area (Å²) in [6, 6.07) is 1.90. The lowest BCUT2D eigenvalue weighted by atomic mass is 9.86. The molecule has 0 saturated heterocycles. The van der Waals surface area contributed by atoms with Crippen molar-refractivity contribution in [3.05, 3.63) is 22.9 Å². The van der Waals surface area contributed by atoms with Crippen LogP contribution in [-0.4, -0.2) is 17.4 Å². The Hall–Kier alpha value is -1.10. The molecule has 0 radical (unpaired) electrons. The van der Waals surface area contributed by atoms with E-state index in [9.17, 15) is 0 Å². The lowest BCUT2D eigenvalue weighted by Crippen LogP contribution is -2.30. The first-order valence-electron chi connectivity index (χ1n) is 6.00. The number of nitrogens with one attached hydrogen (secondary N) is 1. The van der Waals surface area contributed by atoms with Gasteiger partial charge in [-0.1, -0.05) is 13.8 Å². The van der Waals surface area contributed by atoms with Crippen molar-refractivity contribution < 1.29 is 4.74 Å². The highest BCUT2D eigenvalue weighted by Gasteiger charge is 2.20. The number of hydrogen-bond acceptors (Lipinski definition) is 3. The molecule has 100 valence electrons. The van der Waals surface area contributed by atoms with Crippen LogP contribution in [0.15, 0.2) is 22.9 Å². The number of unbranched alkanes of at least 4 members (excludes halogenated alkanes) is 1. The molecule has 3 N–H and O–H groups in total. The summed E-state index contributed by atoms with van der Waals surface area (Å²) in [5.41, 5.74) is 5.32. The van der Waals surface area contributed by atoms with Crippen molar-refractivity contribution in [2.75, 3.05) is 6.61 Å². The quantitative estimate of drug-likeness (QED) is 0.460. The van der Waals surface area contributed by atoms with E-state index >= 15 is 0 Å². The second-order valence-electron chi connectivity index (χ2n) is 4.94. The van der Waals surface area contributed by atoms with Gasteiger partial charge in [-0.15, -0.1) is 0 Å². The molecule has 0 aliphatic carbocycles. The molecule has 1 heterocycles. The second kappa shape index (κ2) is 6.73. The molecule has 1 rings (SSSR count). The molecule has 0 fully saturated rings. The van der Waals surface area contributed by atoms with E-state index in [0.717, 1.165) is 29.5 Å². The molecule has 0 amide bonds. The third-order valence-corrected chi connectivity index (χ3v) is 3.31. The van der Waals surface area contributed by atoms with E-state index in [1.54, 1.807) is 12.4 Å². The van der Waals surface area contributed by atoms with Crippen LogP contribution in [-0.2, 0) is 0 Å². The molecule has 0 saturated carbocycles. The number of ether oxygens (including phenoxy) is 1. The van der Waals surface area contributed by atoms with E-state index in [1.807, 2.05) is 19.9 Å². The first kappa shape index (κ1) is 15.0. The number of hydrogen-bond donors (Lipinski definition) is 2. The minimum atomic E-state index is -0.211. The molecule has 1 aromatic rings. The average molecular weight is 314 g/mol. The van der Waals surface area contributed by atoms with Crippen molar-refractivity contribution >= 4 is 21.8 Å². The summed E-state index contributed by atoms with van der Waals surface area (Å²) < 4.78 is 6.50. The van der Waals surface area contributed by atoms with Crippen molar-refractivity contribution in [3.63, 3.8) is 0 Å². The molecule has 0 aliphatic rings. The van der Waals surface area contributed by atoms with Crippen LogP contribution in [0.4, 0.5) is 0 Å². The van der Waals surface area contributed by atoms with Gasteiger partial charge in [-0.2, -0.15) is 0 Å². The molecule has 0 aliphatic heterocycles. The number of amidine groups is 1. The van der Waals surface area contributed by atoms with Crippen LogP contribution in [0.5, 0.6) is 5.75 Å². The molecule has 0 aromatic carbocycles. The number of halogens is 1. The number of pyridine rings is 1. The Balaban J connectivity index is 2.22. The van der Waals surface area contributed by atoms with Crippen LogP contribution in [0.25, 0.3) is 0 Å². The second-order valence-corrected chi connectivity index (χ2v) is 5.86. The van der Waals surface area contributed by atoms with Crippen molar-refractivity contribution in [1.29, 1.82) is 5.41 Å². The van der Waals surface area contributed by atoms with Gasteiger partial charge in [-0.3, -0.25) is 10.4 Å². The minimum Gasteiger partial charge on any atom is -0.492 e. The third-order valence-electron chi connectivity index (χ3n) is 2.87. The smallest absolute Gasteiger partial charge is 0.138 e. The van der Waals surface area contributed by atoms with Gasteiger partial charge in [-0.05, 0) is 41.3 Å². The maximum absolute atomic E-state index is 7.47. The average Bonchev–Trinajstić information content (AvgIpc) is 2.28. The summed E-state index contributed by atoms with van der Waals surface area (Å²) in [7, 11) is 0. The SMILES string of the molecule is CC(C)(CCCCOc1cncc(Br)c1)C(=N)N. The topological polar surface area (TPSA) is 72.0 Å². The number of nitrogens with two attached hydrogens (primary N) is 1. The summed E-state index contributed by atoms with van der Waals surface area (Å²) in [5.74, 6) is 1.02. The fourth-order valence-electron chi connectivity index (χ4n) is 1.46. The molecule has 0 spiro atoms. The highest BCUT2D eigenvalue weighted by Crippen LogP contribution is 2.23. The molecular weight excluding hydrogens is 294 g/mol. The van der Waals surface area contributed by atoms with E-state index in [4.69, 9.17) is 15.9 Å². The number of aromatic nitrogens is 1. The predicted molar refractivity (Wildman–Crippen MR) is 77.0 cm³/mol. The summed E-state index contributed by atoms with van der Waals surface area (Å²) in [4.78, 5) is 4.03. The molecule has 0 unspecified atom stereocenters. The van der Waals surface area contributed by atoms with E-state index in [2.05, 4.69) is 20.9 Å². The van der Waals surface area contributed by atoms with Crippen LogP contribution in [0.1, 0.15) is 33.1 Å². The lowest BCUT2D eigenvalue weighted by Gasteiger charge is -2.22. The van der Waals surface area contributed by atoms with Gasteiger partial charge in [0.25, 0.3) is 0 Å². The van der Waals surface area contributed by atoms with E-state index < -0.39 is 0 Å². The van der Waals surface area contributed by atoms with Gasteiger partial charge in [-0.25, -0.2) is 0 Å². The molecule has 0 bridgehead atoms. The molecule has 18 heavy (non-hydrogen) atoms. The van der Waals surface area contributed by atoms with Gasteiger partial charge in [0.05, 0.1) is 18.6 Å². The maximum Gasteiger partial charge on any atom is 0.138 e. The van der Waals surface area contributed by atoms with Gasteiger partial charge in [0.2, 0.25) is 0 Å². The Morgan fingerprint density at radius 2 is 2.17 bits per heavy atom. The Morgan fingerprint density at radius 1 is 1.44 bits per heavy atom. The van der Waals surface area contributed by atoms with Crippen LogP contribution in [0.2, 0.25) is 0 Å². The number of nitrogens with zero attached hydrogens (tertiary/aromatic N) is 1. The lowest BCUT2D eigenvalue weighted by molar-refractivity contribution is 0.295. The Labute approximate surface area is 117 Å². The first-order chi connectivity index (χ1) is 8.42.